The van der Waals surface area contributed by atoms with E-state index in [1.54, 1.807) is 0 Å². The number of rotatable bonds is 10. The lowest BCUT2D eigenvalue weighted by Gasteiger charge is -2.21. The standard InChI is InChI=1S/C11H24O5/c1-2-3-4-5-6-16-8-10(14)11(15)9(13)7-12/h9-15H,2-8H2,1H3/t9-,10-,11+/m1/s1. The minimum Gasteiger partial charge on any atom is -0.394 e. The van der Waals surface area contributed by atoms with Crippen molar-refractivity contribution in [3.63, 3.8) is 0 Å². The van der Waals surface area contributed by atoms with Crippen LogP contribution in [0.4, 0.5) is 0 Å². The summed E-state index contributed by atoms with van der Waals surface area (Å²) >= 11 is 0. The van der Waals surface area contributed by atoms with Gasteiger partial charge in [-0.05, 0) is 6.42 Å². The van der Waals surface area contributed by atoms with Gasteiger partial charge in [-0.3, -0.25) is 0 Å². The van der Waals surface area contributed by atoms with Crippen LogP contribution >= 0.6 is 0 Å². The predicted molar refractivity (Wildman–Crippen MR) is 60.1 cm³/mol. The topological polar surface area (TPSA) is 90.2 Å². The average molecular weight is 236 g/mol. The molecule has 0 aromatic rings. The Morgan fingerprint density at radius 3 is 2.25 bits per heavy atom. The zero-order valence-electron chi connectivity index (χ0n) is 9.88. The van der Waals surface area contributed by atoms with Crippen molar-refractivity contribution < 1.29 is 25.2 Å². The summed E-state index contributed by atoms with van der Waals surface area (Å²) in [6.07, 6.45) is 0.503. The number of aliphatic hydroxyl groups excluding tert-OH is 4. The molecule has 0 heterocycles. The average Bonchev–Trinajstić information content (AvgIpc) is 2.31. The molecule has 0 aromatic carbocycles. The van der Waals surface area contributed by atoms with Gasteiger partial charge < -0.3 is 25.2 Å². The highest BCUT2D eigenvalue weighted by Crippen LogP contribution is 2.03. The maximum Gasteiger partial charge on any atom is 0.110 e. The molecule has 98 valence electrons. The van der Waals surface area contributed by atoms with E-state index in [-0.39, 0.29) is 6.61 Å². The van der Waals surface area contributed by atoms with Crippen molar-refractivity contribution in [3.8, 4) is 0 Å². The van der Waals surface area contributed by atoms with Gasteiger partial charge in [0.2, 0.25) is 0 Å². The lowest BCUT2D eigenvalue weighted by atomic mass is 10.1. The van der Waals surface area contributed by atoms with Gasteiger partial charge in [0.15, 0.2) is 0 Å². The Bertz CT molecular complexity index is 153. The van der Waals surface area contributed by atoms with E-state index in [0.29, 0.717) is 6.61 Å². The van der Waals surface area contributed by atoms with Crippen LogP contribution in [0.15, 0.2) is 0 Å². The molecule has 0 rings (SSSR count). The molecule has 0 amide bonds. The van der Waals surface area contributed by atoms with E-state index >= 15 is 0 Å². The molecular formula is C11H24O5. The highest BCUT2D eigenvalue weighted by molar-refractivity contribution is 4.74. The van der Waals surface area contributed by atoms with Crippen LogP contribution in [0.2, 0.25) is 0 Å². The molecule has 3 atom stereocenters. The monoisotopic (exact) mass is 236 g/mol. The maximum absolute atomic E-state index is 9.38. The quantitative estimate of drug-likeness (QED) is 0.390. The van der Waals surface area contributed by atoms with Gasteiger partial charge >= 0.3 is 0 Å². The zero-order chi connectivity index (χ0) is 12.4. The van der Waals surface area contributed by atoms with Crippen molar-refractivity contribution in [2.45, 2.75) is 50.9 Å². The first-order valence-corrected chi connectivity index (χ1v) is 5.86. The van der Waals surface area contributed by atoms with E-state index < -0.39 is 24.9 Å². The van der Waals surface area contributed by atoms with E-state index in [4.69, 9.17) is 14.9 Å². The largest absolute Gasteiger partial charge is 0.394 e. The van der Waals surface area contributed by atoms with Crippen LogP contribution in [0.3, 0.4) is 0 Å². The molecule has 0 unspecified atom stereocenters. The molecule has 5 heteroatoms. The molecule has 0 saturated carbocycles. The maximum atomic E-state index is 9.38. The summed E-state index contributed by atoms with van der Waals surface area (Å²) in [7, 11) is 0. The number of hydrogen-bond acceptors (Lipinski definition) is 5. The van der Waals surface area contributed by atoms with Crippen LogP contribution < -0.4 is 0 Å². The van der Waals surface area contributed by atoms with E-state index in [1.165, 1.54) is 0 Å². The van der Waals surface area contributed by atoms with Crippen molar-refractivity contribution in [3.05, 3.63) is 0 Å². The first-order valence-electron chi connectivity index (χ1n) is 5.86. The minimum absolute atomic E-state index is 0.0235. The molecule has 0 fully saturated rings. The highest BCUT2D eigenvalue weighted by Gasteiger charge is 2.23. The summed E-state index contributed by atoms with van der Waals surface area (Å²) in [6.45, 7) is 2.06. The summed E-state index contributed by atoms with van der Waals surface area (Å²) in [5, 5.41) is 36.3. The smallest absolute Gasteiger partial charge is 0.110 e. The Kier molecular flexibility index (Phi) is 9.86. The van der Waals surface area contributed by atoms with Crippen LogP contribution in [0.1, 0.15) is 32.6 Å². The lowest BCUT2D eigenvalue weighted by molar-refractivity contribution is -0.0997. The molecule has 0 radical (unpaired) electrons. The molecule has 0 saturated heterocycles. The molecule has 0 aliphatic rings. The second kappa shape index (κ2) is 9.99. The summed E-state index contributed by atoms with van der Waals surface area (Å²) in [5.41, 5.74) is 0. The van der Waals surface area contributed by atoms with Gasteiger partial charge in [0.05, 0.1) is 13.2 Å². The number of ether oxygens (including phenoxy) is 1. The zero-order valence-corrected chi connectivity index (χ0v) is 9.88. The van der Waals surface area contributed by atoms with Gasteiger partial charge in [0, 0.05) is 6.61 Å². The first-order chi connectivity index (χ1) is 7.63. The van der Waals surface area contributed by atoms with Gasteiger partial charge in [-0.2, -0.15) is 0 Å². The molecule has 0 aliphatic carbocycles. The van der Waals surface area contributed by atoms with Crippen LogP contribution in [0.25, 0.3) is 0 Å². The molecule has 16 heavy (non-hydrogen) atoms. The Morgan fingerprint density at radius 2 is 1.69 bits per heavy atom. The fourth-order valence-electron chi connectivity index (χ4n) is 1.30. The Morgan fingerprint density at radius 1 is 1.00 bits per heavy atom. The van der Waals surface area contributed by atoms with Crippen molar-refractivity contribution >= 4 is 0 Å². The number of unbranched alkanes of at least 4 members (excludes halogenated alkanes) is 3. The second-order valence-electron chi connectivity index (χ2n) is 3.94. The summed E-state index contributed by atoms with van der Waals surface area (Å²) < 4.78 is 5.16. The van der Waals surface area contributed by atoms with Crippen molar-refractivity contribution in [2.24, 2.45) is 0 Å². The van der Waals surface area contributed by atoms with Gasteiger partial charge in [-0.1, -0.05) is 26.2 Å². The molecule has 0 aliphatic heterocycles. The number of aliphatic hydroxyl groups is 4. The highest BCUT2D eigenvalue weighted by atomic mass is 16.5. The van der Waals surface area contributed by atoms with Crippen LogP contribution in [-0.2, 0) is 4.74 Å². The number of hydrogen-bond donors (Lipinski definition) is 4. The molecule has 0 aromatic heterocycles. The van der Waals surface area contributed by atoms with Gasteiger partial charge in [0.1, 0.15) is 18.3 Å². The van der Waals surface area contributed by atoms with Crippen molar-refractivity contribution in [1.82, 2.24) is 0 Å². The third kappa shape index (κ3) is 7.14. The van der Waals surface area contributed by atoms with Gasteiger partial charge in [-0.25, -0.2) is 0 Å². The summed E-state index contributed by atoms with van der Waals surface area (Å²) in [6, 6.07) is 0. The van der Waals surface area contributed by atoms with Crippen molar-refractivity contribution in [2.75, 3.05) is 19.8 Å². The fourth-order valence-corrected chi connectivity index (χ4v) is 1.30. The lowest BCUT2D eigenvalue weighted by Crippen LogP contribution is -2.41. The third-order valence-corrected chi connectivity index (χ3v) is 2.41. The Balaban J connectivity index is 3.45. The molecular weight excluding hydrogens is 212 g/mol. The SMILES string of the molecule is CCCCCCOC[C@@H](O)[C@@H](O)[C@H](O)CO. The first kappa shape index (κ1) is 15.8. The fraction of sp³-hybridized carbons (Fsp3) is 1.00. The van der Waals surface area contributed by atoms with E-state index in [0.717, 1.165) is 25.7 Å². The van der Waals surface area contributed by atoms with Crippen molar-refractivity contribution in [1.29, 1.82) is 0 Å². The van der Waals surface area contributed by atoms with Crippen LogP contribution in [0, 0.1) is 0 Å². The van der Waals surface area contributed by atoms with Gasteiger partial charge in [0.25, 0.3) is 0 Å². The van der Waals surface area contributed by atoms with E-state index in [2.05, 4.69) is 6.92 Å². The molecule has 0 spiro atoms. The molecule has 0 bridgehead atoms. The summed E-state index contributed by atoms with van der Waals surface area (Å²) in [4.78, 5) is 0. The van der Waals surface area contributed by atoms with Crippen LogP contribution in [0.5, 0.6) is 0 Å². The van der Waals surface area contributed by atoms with Crippen LogP contribution in [-0.4, -0.2) is 58.6 Å². The predicted octanol–water partition coefficient (Wildman–Crippen LogP) is -0.342. The normalized spacial score (nSPS) is 17.1. The van der Waals surface area contributed by atoms with E-state index in [9.17, 15) is 10.2 Å². The molecule has 5 nitrogen and oxygen atoms in total. The van der Waals surface area contributed by atoms with Gasteiger partial charge in [-0.15, -0.1) is 0 Å². The molecule has 4 N–H and O–H groups in total. The minimum atomic E-state index is -1.36. The second-order valence-corrected chi connectivity index (χ2v) is 3.94. The third-order valence-electron chi connectivity index (χ3n) is 2.41. The van der Waals surface area contributed by atoms with E-state index in [1.807, 2.05) is 0 Å². The Labute approximate surface area is 96.7 Å². The summed E-state index contributed by atoms with van der Waals surface area (Å²) in [5.74, 6) is 0. The Hall–Kier alpha value is -0.200.